The Morgan fingerprint density at radius 2 is 1.88 bits per heavy atom. The van der Waals surface area contributed by atoms with Gasteiger partial charge in [-0.05, 0) is 23.4 Å². The number of hydrogen-bond donors (Lipinski definition) is 2. The fraction of sp³-hybridized carbons (Fsp3) is 0.286. The van der Waals surface area contributed by atoms with Crippen molar-refractivity contribution in [1.82, 2.24) is 0 Å². The number of hydrogen-bond acceptors (Lipinski definition) is 3. The normalized spacial score (nSPS) is 12.6. The molecule has 2 aromatic rings. The van der Waals surface area contributed by atoms with Crippen molar-refractivity contribution < 1.29 is 9.84 Å². The summed E-state index contributed by atoms with van der Waals surface area (Å²) in [5.41, 5.74) is 6.93. The third kappa shape index (κ3) is 2.40. The summed E-state index contributed by atoms with van der Waals surface area (Å²) in [6.45, 7) is 0.000353. The quantitative estimate of drug-likeness (QED) is 0.842. The van der Waals surface area contributed by atoms with Crippen molar-refractivity contribution >= 4 is 10.8 Å². The van der Waals surface area contributed by atoms with Crippen LogP contribution in [0.3, 0.4) is 0 Å². The lowest BCUT2D eigenvalue weighted by Gasteiger charge is -2.13. The molecular formula is C14H17NO2. The van der Waals surface area contributed by atoms with Crippen molar-refractivity contribution in [3.8, 4) is 5.75 Å². The van der Waals surface area contributed by atoms with Crippen LogP contribution in [0.2, 0.25) is 0 Å². The average Bonchev–Trinajstić information content (AvgIpc) is 2.39. The van der Waals surface area contributed by atoms with Gasteiger partial charge in [-0.2, -0.15) is 0 Å². The molecule has 0 spiro atoms. The standard InChI is InChI=1S/C14H17NO2/c1-17-14-7-6-10(8-11(15)9-16)12-4-2-3-5-13(12)14/h2-7,11,16H,8-9,15H2,1H3. The Morgan fingerprint density at radius 3 is 2.53 bits per heavy atom. The maximum absolute atomic E-state index is 9.02. The first kappa shape index (κ1) is 11.9. The number of aliphatic hydroxyl groups is 1. The molecule has 0 aromatic heterocycles. The fourth-order valence-corrected chi connectivity index (χ4v) is 2.04. The topological polar surface area (TPSA) is 55.5 Å². The first-order valence-electron chi connectivity index (χ1n) is 5.67. The minimum atomic E-state index is -0.216. The maximum Gasteiger partial charge on any atom is 0.126 e. The highest BCUT2D eigenvalue weighted by Gasteiger charge is 2.08. The number of methoxy groups -OCH3 is 1. The molecule has 0 fully saturated rings. The van der Waals surface area contributed by atoms with Crippen LogP contribution in [-0.4, -0.2) is 24.9 Å². The molecule has 0 saturated heterocycles. The summed E-state index contributed by atoms with van der Waals surface area (Å²) in [5, 5.41) is 11.2. The largest absolute Gasteiger partial charge is 0.496 e. The summed E-state index contributed by atoms with van der Waals surface area (Å²) in [6, 6.07) is 11.8. The van der Waals surface area contributed by atoms with Gasteiger partial charge in [0, 0.05) is 11.4 Å². The first-order valence-corrected chi connectivity index (χ1v) is 5.67. The van der Waals surface area contributed by atoms with Crippen LogP contribution in [0.5, 0.6) is 5.75 Å². The van der Waals surface area contributed by atoms with E-state index in [1.807, 2.05) is 30.3 Å². The SMILES string of the molecule is COc1ccc(CC(N)CO)c2ccccc12. The molecule has 0 bridgehead atoms. The van der Waals surface area contributed by atoms with Crippen LogP contribution in [0, 0.1) is 0 Å². The second-order valence-corrected chi connectivity index (χ2v) is 4.12. The Balaban J connectivity index is 2.51. The molecule has 0 saturated carbocycles. The van der Waals surface area contributed by atoms with Gasteiger partial charge in [-0.15, -0.1) is 0 Å². The number of nitrogens with two attached hydrogens (primary N) is 1. The highest BCUT2D eigenvalue weighted by molar-refractivity contribution is 5.91. The van der Waals surface area contributed by atoms with E-state index in [0.29, 0.717) is 6.42 Å². The van der Waals surface area contributed by atoms with Crippen LogP contribution in [0.1, 0.15) is 5.56 Å². The second-order valence-electron chi connectivity index (χ2n) is 4.12. The molecule has 0 aliphatic carbocycles. The summed E-state index contributed by atoms with van der Waals surface area (Å²) in [4.78, 5) is 0. The van der Waals surface area contributed by atoms with Gasteiger partial charge in [-0.1, -0.05) is 30.3 Å². The Hall–Kier alpha value is -1.58. The van der Waals surface area contributed by atoms with Crippen molar-refractivity contribution in [3.63, 3.8) is 0 Å². The Morgan fingerprint density at radius 1 is 1.18 bits per heavy atom. The monoisotopic (exact) mass is 231 g/mol. The molecular weight excluding hydrogens is 214 g/mol. The van der Waals surface area contributed by atoms with Gasteiger partial charge in [-0.3, -0.25) is 0 Å². The van der Waals surface area contributed by atoms with Crippen LogP contribution >= 0.6 is 0 Å². The smallest absolute Gasteiger partial charge is 0.126 e. The van der Waals surface area contributed by atoms with Gasteiger partial charge < -0.3 is 15.6 Å². The first-order chi connectivity index (χ1) is 8.26. The van der Waals surface area contributed by atoms with Crippen molar-refractivity contribution in [2.45, 2.75) is 12.5 Å². The van der Waals surface area contributed by atoms with Crippen molar-refractivity contribution in [1.29, 1.82) is 0 Å². The van der Waals surface area contributed by atoms with Gasteiger partial charge in [0.2, 0.25) is 0 Å². The van der Waals surface area contributed by atoms with Crippen molar-refractivity contribution in [2.24, 2.45) is 5.73 Å². The number of rotatable bonds is 4. The Labute approximate surface area is 101 Å². The average molecular weight is 231 g/mol. The predicted molar refractivity (Wildman–Crippen MR) is 69.3 cm³/mol. The molecule has 0 heterocycles. The Kier molecular flexibility index (Phi) is 3.61. The van der Waals surface area contributed by atoms with Gasteiger partial charge in [-0.25, -0.2) is 0 Å². The highest BCUT2D eigenvalue weighted by Crippen LogP contribution is 2.28. The van der Waals surface area contributed by atoms with Gasteiger partial charge in [0.05, 0.1) is 13.7 Å². The van der Waals surface area contributed by atoms with E-state index in [1.165, 1.54) is 0 Å². The van der Waals surface area contributed by atoms with E-state index in [-0.39, 0.29) is 12.6 Å². The zero-order chi connectivity index (χ0) is 12.3. The molecule has 0 amide bonds. The molecule has 3 heteroatoms. The molecule has 0 aliphatic rings. The molecule has 1 unspecified atom stereocenters. The van der Waals surface area contributed by atoms with E-state index in [9.17, 15) is 0 Å². The molecule has 3 N–H and O–H groups in total. The van der Waals surface area contributed by atoms with Gasteiger partial charge in [0.1, 0.15) is 5.75 Å². The van der Waals surface area contributed by atoms with E-state index in [4.69, 9.17) is 15.6 Å². The van der Waals surface area contributed by atoms with Crippen LogP contribution in [0.4, 0.5) is 0 Å². The minimum Gasteiger partial charge on any atom is -0.496 e. The maximum atomic E-state index is 9.02. The van der Waals surface area contributed by atoms with E-state index in [2.05, 4.69) is 6.07 Å². The lowest BCUT2D eigenvalue weighted by molar-refractivity contribution is 0.265. The summed E-state index contributed by atoms with van der Waals surface area (Å²) in [6.07, 6.45) is 0.668. The zero-order valence-electron chi connectivity index (χ0n) is 9.89. The summed E-state index contributed by atoms with van der Waals surface area (Å²) >= 11 is 0. The number of benzene rings is 2. The van der Waals surface area contributed by atoms with E-state index >= 15 is 0 Å². The highest BCUT2D eigenvalue weighted by atomic mass is 16.5. The van der Waals surface area contributed by atoms with Gasteiger partial charge in [0.25, 0.3) is 0 Å². The van der Waals surface area contributed by atoms with E-state index < -0.39 is 0 Å². The third-order valence-electron chi connectivity index (χ3n) is 2.91. The molecule has 0 aliphatic heterocycles. The van der Waals surface area contributed by atoms with Crippen molar-refractivity contribution in [3.05, 3.63) is 42.0 Å². The van der Waals surface area contributed by atoms with Crippen LogP contribution < -0.4 is 10.5 Å². The van der Waals surface area contributed by atoms with Crippen LogP contribution in [0.25, 0.3) is 10.8 Å². The number of fused-ring (bicyclic) bond motifs is 1. The molecule has 2 rings (SSSR count). The summed E-state index contributed by atoms with van der Waals surface area (Å²) in [5.74, 6) is 0.863. The number of ether oxygens (including phenoxy) is 1. The Bertz CT molecular complexity index is 511. The van der Waals surface area contributed by atoms with Gasteiger partial charge >= 0.3 is 0 Å². The molecule has 0 radical (unpaired) electrons. The second kappa shape index (κ2) is 5.17. The molecule has 90 valence electrons. The number of aliphatic hydroxyl groups excluding tert-OH is 1. The van der Waals surface area contributed by atoms with E-state index in [1.54, 1.807) is 7.11 Å². The molecule has 1 atom stereocenters. The molecule has 2 aromatic carbocycles. The third-order valence-corrected chi connectivity index (χ3v) is 2.91. The van der Waals surface area contributed by atoms with Crippen LogP contribution in [-0.2, 0) is 6.42 Å². The lowest BCUT2D eigenvalue weighted by Crippen LogP contribution is -2.26. The predicted octanol–water partition coefficient (Wildman–Crippen LogP) is 1.71. The van der Waals surface area contributed by atoms with E-state index in [0.717, 1.165) is 22.1 Å². The summed E-state index contributed by atoms with van der Waals surface area (Å²) in [7, 11) is 1.67. The molecule has 3 nitrogen and oxygen atoms in total. The lowest BCUT2D eigenvalue weighted by atomic mass is 9.99. The minimum absolute atomic E-state index is 0.000353. The van der Waals surface area contributed by atoms with Crippen molar-refractivity contribution in [2.75, 3.05) is 13.7 Å². The fourth-order valence-electron chi connectivity index (χ4n) is 2.04. The van der Waals surface area contributed by atoms with Gasteiger partial charge in [0.15, 0.2) is 0 Å². The van der Waals surface area contributed by atoms with Crippen LogP contribution in [0.15, 0.2) is 36.4 Å². The summed E-state index contributed by atoms with van der Waals surface area (Å²) < 4.78 is 5.33. The zero-order valence-corrected chi connectivity index (χ0v) is 9.89. The molecule has 17 heavy (non-hydrogen) atoms.